The molecule has 9 nitrogen and oxygen atoms in total. The Bertz CT molecular complexity index is 985. The number of fused-ring (bicyclic) bond motifs is 1. The quantitative estimate of drug-likeness (QED) is 0.568. The van der Waals surface area contributed by atoms with Crippen LogP contribution in [0.4, 0.5) is 17.1 Å². The third-order valence-electron chi connectivity index (χ3n) is 4.62. The predicted octanol–water partition coefficient (Wildman–Crippen LogP) is 3.23. The molecule has 0 atom stereocenters. The molecule has 2 aromatic rings. The van der Waals surface area contributed by atoms with Gasteiger partial charge in [-0.2, -0.15) is 0 Å². The van der Waals surface area contributed by atoms with Gasteiger partial charge in [0.2, 0.25) is 5.91 Å². The minimum atomic E-state index is -1.36. The van der Waals surface area contributed by atoms with Gasteiger partial charge in [0, 0.05) is 42.0 Å². The molecule has 2 N–H and O–H groups in total. The molecule has 1 aliphatic heterocycles. The van der Waals surface area contributed by atoms with Gasteiger partial charge in [-0.3, -0.25) is 19.7 Å². The van der Waals surface area contributed by atoms with Crippen molar-refractivity contribution in [1.29, 1.82) is 0 Å². The van der Waals surface area contributed by atoms with E-state index in [9.17, 15) is 24.5 Å². The first-order valence-electron chi connectivity index (χ1n) is 9.07. The van der Waals surface area contributed by atoms with Gasteiger partial charge in [-0.05, 0) is 42.7 Å². The molecule has 0 spiro atoms. The summed E-state index contributed by atoms with van der Waals surface area (Å²) in [5, 5.41) is 22.8. The molecular weight excluding hydrogens is 378 g/mol. The van der Waals surface area contributed by atoms with E-state index in [4.69, 9.17) is 5.11 Å². The second-order valence-electron chi connectivity index (χ2n) is 6.67. The van der Waals surface area contributed by atoms with E-state index in [2.05, 4.69) is 5.32 Å². The highest BCUT2D eigenvalue weighted by Crippen LogP contribution is 2.30. The molecule has 9 heteroatoms. The number of benzene rings is 2. The lowest BCUT2D eigenvalue weighted by atomic mass is 10.00. The maximum atomic E-state index is 12.6. The summed E-state index contributed by atoms with van der Waals surface area (Å²) in [6.45, 7) is 2.60. The van der Waals surface area contributed by atoms with E-state index in [0.717, 1.165) is 35.9 Å². The van der Waals surface area contributed by atoms with E-state index in [-0.39, 0.29) is 17.0 Å². The standard InChI is InChI=1S/C20H19N3O6/c1-2-7-22-17-5-4-15(9-12(17)3-6-18(22)24)21-19(25)13-8-14(20(26)27)11-16(10-13)23(28)29/h4-5,8-11H,2-3,6-7H2,1H3,(H,21,25)(H,26,27). The van der Waals surface area contributed by atoms with E-state index in [1.807, 2.05) is 6.92 Å². The van der Waals surface area contributed by atoms with Crippen molar-refractivity contribution in [2.75, 3.05) is 16.8 Å². The van der Waals surface area contributed by atoms with Gasteiger partial charge in [-0.1, -0.05) is 6.92 Å². The van der Waals surface area contributed by atoms with Gasteiger partial charge >= 0.3 is 5.97 Å². The molecule has 0 unspecified atom stereocenters. The smallest absolute Gasteiger partial charge is 0.335 e. The van der Waals surface area contributed by atoms with Crippen LogP contribution in [0.1, 0.15) is 46.0 Å². The molecule has 0 radical (unpaired) electrons. The van der Waals surface area contributed by atoms with Crippen LogP contribution in [0.15, 0.2) is 36.4 Å². The average molecular weight is 397 g/mol. The molecule has 0 aliphatic carbocycles. The summed E-state index contributed by atoms with van der Waals surface area (Å²) >= 11 is 0. The molecule has 0 aromatic heterocycles. The number of carbonyl (C=O) groups is 3. The van der Waals surface area contributed by atoms with Crippen LogP contribution in [-0.4, -0.2) is 34.4 Å². The molecule has 3 rings (SSSR count). The lowest BCUT2D eigenvalue weighted by Crippen LogP contribution is -2.35. The lowest BCUT2D eigenvalue weighted by Gasteiger charge is -2.29. The molecule has 0 saturated carbocycles. The van der Waals surface area contributed by atoms with Crippen molar-refractivity contribution < 1.29 is 24.4 Å². The maximum Gasteiger partial charge on any atom is 0.335 e. The summed E-state index contributed by atoms with van der Waals surface area (Å²) in [7, 11) is 0. The molecule has 0 bridgehead atoms. The summed E-state index contributed by atoms with van der Waals surface area (Å²) in [6, 6.07) is 8.18. The van der Waals surface area contributed by atoms with Crippen LogP contribution in [0.5, 0.6) is 0 Å². The highest BCUT2D eigenvalue weighted by Gasteiger charge is 2.24. The van der Waals surface area contributed by atoms with Gasteiger partial charge in [-0.25, -0.2) is 4.79 Å². The van der Waals surface area contributed by atoms with Crippen LogP contribution in [0.2, 0.25) is 0 Å². The van der Waals surface area contributed by atoms with E-state index in [1.165, 1.54) is 0 Å². The van der Waals surface area contributed by atoms with Gasteiger partial charge in [0.1, 0.15) is 0 Å². The first-order chi connectivity index (χ1) is 13.8. The van der Waals surface area contributed by atoms with Gasteiger partial charge in [0.25, 0.3) is 11.6 Å². The highest BCUT2D eigenvalue weighted by atomic mass is 16.6. The monoisotopic (exact) mass is 397 g/mol. The number of hydrogen-bond acceptors (Lipinski definition) is 5. The maximum absolute atomic E-state index is 12.6. The van der Waals surface area contributed by atoms with Gasteiger partial charge < -0.3 is 15.3 Å². The largest absolute Gasteiger partial charge is 0.478 e. The Labute approximate surface area is 166 Å². The van der Waals surface area contributed by atoms with Crippen molar-refractivity contribution in [1.82, 2.24) is 0 Å². The number of nitrogens with zero attached hydrogens (tertiary/aromatic N) is 2. The number of rotatable bonds is 6. The lowest BCUT2D eigenvalue weighted by molar-refractivity contribution is -0.384. The molecule has 2 aromatic carbocycles. The van der Waals surface area contributed by atoms with E-state index in [1.54, 1.807) is 23.1 Å². The normalized spacial score (nSPS) is 13.0. The van der Waals surface area contributed by atoms with Crippen LogP contribution in [-0.2, 0) is 11.2 Å². The fourth-order valence-corrected chi connectivity index (χ4v) is 3.28. The van der Waals surface area contributed by atoms with Gasteiger partial charge in [0.05, 0.1) is 10.5 Å². The van der Waals surface area contributed by atoms with Crippen LogP contribution in [0.3, 0.4) is 0 Å². The number of nitrogens with one attached hydrogen (secondary N) is 1. The zero-order valence-electron chi connectivity index (χ0n) is 15.7. The van der Waals surface area contributed by atoms with Gasteiger partial charge in [-0.15, -0.1) is 0 Å². The number of carbonyl (C=O) groups excluding carboxylic acids is 2. The minimum Gasteiger partial charge on any atom is -0.478 e. The Morgan fingerprint density at radius 3 is 2.55 bits per heavy atom. The average Bonchev–Trinajstić information content (AvgIpc) is 2.69. The fraction of sp³-hybridized carbons (Fsp3) is 0.250. The van der Waals surface area contributed by atoms with Crippen molar-refractivity contribution >= 4 is 34.8 Å². The van der Waals surface area contributed by atoms with E-state index < -0.39 is 22.5 Å². The summed E-state index contributed by atoms with van der Waals surface area (Å²) in [6.07, 6.45) is 1.76. The summed E-state index contributed by atoms with van der Waals surface area (Å²) < 4.78 is 0. The van der Waals surface area contributed by atoms with Crippen LogP contribution >= 0.6 is 0 Å². The third-order valence-corrected chi connectivity index (χ3v) is 4.62. The Morgan fingerprint density at radius 2 is 1.90 bits per heavy atom. The number of aromatic carboxylic acids is 1. The SMILES string of the molecule is CCCN1C(=O)CCc2cc(NC(=O)c3cc(C(=O)O)cc([N+](=O)[O-])c3)ccc21. The number of anilines is 2. The molecule has 150 valence electrons. The zero-order chi connectivity index (χ0) is 21.1. The topological polar surface area (TPSA) is 130 Å². The van der Waals surface area contributed by atoms with Crippen molar-refractivity contribution in [3.8, 4) is 0 Å². The fourth-order valence-electron chi connectivity index (χ4n) is 3.28. The molecule has 1 aliphatic rings. The molecule has 0 saturated heterocycles. The first kappa shape index (κ1) is 20.0. The summed E-state index contributed by atoms with van der Waals surface area (Å²) in [5.41, 5.74) is 1.24. The minimum absolute atomic E-state index is 0.0638. The summed E-state index contributed by atoms with van der Waals surface area (Å²) in [5.74, 6) is -1.96. The molecule has 29 heavy (non-hydrogen) atoms. The molecule has 0 fully saturated rings. The second kappa shape index (κ2) is 8.09. The predicted molar refractivity (Wildman–Crippen MR) is 105 cm³/mol. The van der Waals surface area contributed by atoms with Crippen molar-refractivity contribution in [2.45, 2.75) is 26.2 Å². The Hall–Kier alpha value is -3.75. The van der Waals surface area contributed by atoms with Crippen molar-refractivity contribution in [3.63, 3.8) is 0 Å². The Morgan fingerprint density at radius 1 is 1.17 bits per heavy atom. The number of carboxylic acids is 1. The van der Waals surface area contributed by atoms with Crippen LogP contribution < -0.4 is 10.2 Å². The molecule has 1 heterocycles. The van der Waals surface area contributed by atoms with Crippen molar-refractivity contribution in [3.05, 3.63) is 63.2 Å². The first-order valence-corrected chi connectivity index (χ1v) is 9.07. The van der Waals surface area contributed by atoms with Crippen LogP contribution in [0.25, 0.3) is 0 Å². The van der Waals surface area contributed by atoms with E-state index in [0.29, 0.717) is 25.1 Å². The third kappa shape index (κ3) is 4.23. The number of nitro benzene ring substituents is 1. The molecule has 2 amide bonds. The summed E-state index contributed by atoms with van der Waals surface area (Å²) in [4.78, 5) is 47.9. The zero-order valence-corrected chi connectivity index (χ0v) is 15.7. The number of hydrogen-bond donors (Lipinski definition) is 2. The number of carboxylic acid groups (broad SMARTS) is 1. The highest BCUT2D eigenvalue weighted by molar-refractivity contribution is 6.06. The number of aryl methyl sites for hydroxylation is 1. The Balaban J connectivity index is 1.87. The van der Waals surface area contributed by atoms with Crippen molar-refractivity contribution in [2.24, 2.45) is 0 Å². The Kier molecular flexibility index (Phi) is 5.58. The van der Waals surface area contributed by atoms with Crippen LogP contribution in [0, 0.1) is 10.1 Å². The number of amides is 2. The number of nitro groups is 1. The van der Waals surface area contributed by atoms with Gasteiger partial charge in [0.15, 0.2) is 0 Å². The second-order valence-corrected chi connectivity index (χ2v) is 6.67. The number of non-ortho nitro benzene ring substituents is 1. The van der Waals surface area contributed by atoms with E-state index >= 15 is 0 Å². The molecular formula is C20H19N3O6.